The summed E-state index contributed by atoms with van der Waals surface area (Å²) in [7, 11) is 0. The van der Waals surface area contributed by atoms with Gasteiger partial charge in [0.15, 0.2) is 0 Å². The molecule has 0 aliphatic rings. The molecule has 5 heteroatoms. The van der Waals surface area contributed by atoms with Crippen molar-refractivity contribution in [3.05, 3.63) is 40.6 Å². The van der Waals surface area contributed by atoms with Crippen molar-refractivity contribution >= 4 is 33.3 Å². The number of hydrogen-bond acceptors (Lipinski definition) is 4. The summed E-state index contributed by atoms with van der Waals surface area (Å²) in [6.07, 6.45) is 5.20. The largest absolute Gasteiger partial charge is 0.370 e. The molecule has 2 aromatic rings. The van der Waals surface area contributed by atoms with Crippen molar-refractivity contribution in [3.63, 3.8) is 0 Å². The van der Waals surface area contributed by atoms with E-state index in [4.69, 9.17) is 0 Å². The van der Waals surface area contributed by atoms with E-state index in [2.05, 4.69) is 56.4 Å². The molecule has 0 bridgehead atoms. The minimum absolute atomic E-state index is 0.796. The van der Waals surface area contributed by atoms with Gasteiger partial charge in [0.1, 0.15) is 18.0 Å². The second kappa shape index (κ2) is 7.98. The number of anilines is 3. The van der Waals surface area contributed by atoms with E-state index in [0.29, 0.717) is 0 Å². The third-order valence-corrected chi connectivity index (χ3v) is 4.07. The van der Waals surface area contributed by atoms with Gasteiger partial charge in [-0.25, -0.2) is 9.97 Å². The SMILES string of the molecule is CCCCCNc1cc(Nc2ccc(Br)c(C)c2)ncn1. The number of rotatable bonds is 7. The second-order valence-electron chi connectivity index (χ2n) is 5.01. The van der Waals surface area contributed by atoms with E-state index in [1.807, 2.05) is 18.2 Å². The Hall–Kier alpha value is -1.62. The quantitative estimate of drug-likeness (QED) is 0.699. The zero-order chi connectivity index (χ0) is 15.1. The van der Waals surface area contributed by atoms with Crippen molar-refractivity contribution in [2.45, 2.75) is 33.1 Å². The molecule has 2 rings (SSSR count). The Labute approximate surface area is 134 Å². The lowest BCUT2D eigenvalue weighted by Crippen LogP contribution is -2.04. The average Bonchev–Trinajstić information content (AvgIpc) is 2.48. The summed E-state index contributed by atoms with van der Waals surface area (Å²) in [6.45, 7) is 5.21. The van der Waals surface area contributed by atoms with Gasteiger partial charge in [-0.1, -0.05) is 35.7 Å². The molecule has 1 heterocycles. The van der Waals surface area contributed by atoms with Crippen molar-refractivity contribution in [1.82, 2.24) is 9.97 Å². The van der Waals surface area contributed by atoms with E-state index in [9.17, 15) is 0 Å². The molecule has 0 aliphatic heterocycles. The van der Waals surface area contributed by atoms with Gasteiger partial charge in [-0.15, -0.1) is 0 Å². The van der Waals surface area contributed by atoms with Crippen molar-refractivity contribution in [1.29, 1.82) is 0 Å². The highest BCUT2D eigenvalue weighted by molar-refractivity contribution is 9.10. The number of aromatic nitrogens is 2. The Kier molecular flexibility index (Phi) is 5.99. The number of nitrogens with zero attached hydrogens (tertiary/aromatic N) is 2. The fraction of sp³-hybridized carbons (Fsp3) is 0.375. The highest BCUT2D eigenvalue weighted by Gasteiger charge is 2.01. The van der Waals surface area contributed by atoms with Gasteiger partial charge in [0.05, 0.1) is 0 Å². The fourth-order valence-electron chi connectivity index (χ4n) is 1.98. The summed E-state index contributed by atoms with van der Waals surface area (Å²) in [6, 6.07) is 8.07. The normalized spacial score (nSPS) is 10.4. The lowest BCUT2D eigenvalue weighted by atomic mass is 10.2. The fourth-order valence-corrected chi connectivity index (χ4v) is 2.23. The summed E-state index contributed by atoms with van der Waals surface area (Å²) in [5.41, 5.74) is 2.21. The number of halogens is 1. The Morgan fingerprint density at radius 1 is 1.10 bits per heavy atom. The lowest BCUT2D eigenvalue weighted by Gasteiger charge is -2.09. The average molecular weight is 349 g/mol. The summed E-state index contributed by atoms with van der Waals surface area (Å²) in [4.78, 5) is 8.50. The maximum atomic E-state index is 4.26. The Morgan fingerprint density at radius 3 is 2.67 bits per heavy atom. The Morgan fingerprint density at radius 2 is 1.90 bits per heavy atom. The van der Waals surface area contributed by atoms with Gasteiger partial charge in [-0.3, -0.25) is 0 Å². The molecule has 0 saturated carbocycles. The standard InChI is InChI=1S/C16H21BrN4/c1-3-4-5-8-18-15-10-16(20-11-19-15)21-13-6-7-14(17)12(2)9-13/h6-7,9-11H,3-5,8H2,1-2H3,(H2,18,19,20,21). The molecule has 4 nitrogen and oxygen atoms in total. The van der Waals surface area contributed by atoms with Gasteiger partial charge in [0, 0.05) is 22.8 Å². The molecule has 1 aromatic carbocycles. The number of unbranched alkanes of at least 4 members (excludes halogenated alkanes) is 2. The zero-order valence-electron chi connectivity index (χ0n) is 12.5. The van der Waals surface area contributed by atoms with Crippen LogP contribution in [0.4, 0.5) is 17.3 Å². The molecule has 0 unspecified atom stereocenters. The van der Waals surface area contributed by atoms with Crippen LogP contribution in [0.3, 0.4) is 0 Å². The van der Waals surface area contributed by atoms with Crippen LogP contribution in [0.5, 0.6) is 0 Å². The van der Waals surface area contributed by atoms with Crippen molar-refractivity contribution in [2.24, 2.45) is 0 Å². The van der Waals surface area contributed by atoms with Crippen LogP contribution in [-0.2, 0) is 0 Å². The highest BCUT2D eigenvalue weighted by Crippen LogP contribution is 2.22. The first-order valence-corrected chi connectivity index (χ1v) is 8.07. The maximum Gasteiger partial charge on any atom is 0.135 e. The highest BCUT2D eigenvalue weighted by atomic mass is 79.9. The van der Waals surface area contributed by atoms with Crippen molar-refractivity contribution in [2.75, 3.05) is 17.2 Å². The van der Waals surface area contributed by atoms with Gasteiger partial charge >= 0.3 is 0 Å². The van der Waals surface area contributed by atoms with E-state index < -0.39 is 0 Å². The van der Waals surface area contributed by atoms with E-state index in [0.717, 1.165) is 34.8 Å². The van der Waals surface area contributed by atoms with Crippen LogP contribution in [0, 0.1) is 6.92 Å². The van der Waals surface area contributed by atoms with E-state index >= 15 is 0 Å². The minimum atomic E-state index is 0.796. The molecule has 112 valence electrons. The second-order valence-corrected chi connectivity index (χ2v) is 5.87. The number of benzene rings is 1. The Balaban J connectivity index is 1.98. The van der Waals surface area contributed by atoms with Crippen LogP contribution in [-0.4, -0.2) is 16.5 Å². The van der Waals surface area contributed by atoms with Gasteiger partial charge < -0.3 is 10.6 Å². The summed E-state index contributed by atoms with van der Waals surface area (Å²) >= 11 is 3.50. The zero-order valence-corrected chi connectivity index (χ0v) is 14.1. The Bertz CT molecular complexity index is 586. The van der Waals surface area contributed by atoms with Crippen LogP contribution in [0.2, 0.25) is 0 Å². The molecule has 0 saturated heterocycles. The van der Waals surface area contributed by atoms with Crippen LogP contribution in [0.1, 0.15) is 31.7 Å². The molecular formula is C16H21BrN4. The molecule has 0 fully saturated rings. The number of aryl methyl sites for hydroxylation is 1. The first-order chi connectivity index (χ1) is 10.2. The van der Waals surface area contributed by atoms with Crippen LogP contribution in [0.15, 0.2) is 35.1 Å². The van der Waals surface area contributed by atoms with Crippen LogP contribution >= 0.6 is 15.9 Å². The van der Waals surface area contributed by atoms with Gasteiger partial charge in [-0.05, 0) is 37.1 Å². The van der Waals surface area contributed by atoms with Gasteiger partial charge in [0.25, 0.3) is 0 Å². The van der Waals surface area contributed by atoms with E-state index in [1.165, 1.54) is 18.4 Å². The smallest absolute Gasteiger partial charge is 0.135 e. The summed E-state index contributed by atoms with van der Waals surface area (Å²) in [5.74, 6) is 1.65. The molecule has 1 aromatic heterocycles. The predicted molar refractivity (Wildman–Crippen MR) is 92.2 cm³/mol. The predicted octanol–water partition coefficient (Wildman–Crippen LogP) is 4.89. The van der Waals surface area contributed by atoms with E-state index in [-0.39, 0.29) is 0 Å². The molecule has 0 aliphatic carbocycles. The van der Waals surface area contributed by atoms with Crippen molar-refractivity contribution < 1.29 is 0 Å². The summed E-state index contributed by atoms with van der Waals surface area (Å²) < 4.78 is 1.11. The molecule has 0 radical (unpaired) electrons. The van der Waals surface area contributed by atoms with Gasteiger partial charge in [-0.2, -0.15) is 0 Å². The lowest BCUT2D eigenvalue weighted by molar-refractivity contribution is 0.742. The van der Waals surface area contributed by atoms with Crippen LogP contribution < -0.4 is 10.6 Å². The molecule has 21 heavy (non-hydrogen) atoms. The molecule has 2 N–H and O–H groups in total. The molecule has 0 spiro atoms. The number of nitrogens with one attached hydrogen (secondary N) is 2. The van der Waals surface area contributed by atoms with Crippen LogP contribution in [0.25, 0.3) is 0 Å². The first kappa shape index (κ1) is 15.8. The molecule has 0 atom stereocenters. The van der Waals surface area contributed by atoms with E-state index in [1.54, 1.807) is 6.33 Å². The third-order valence-electron chi connectivity index (χ3n) is 3.18. The minimum Gasteiger partial charge on any atom is -0.370 e. The summed E-state index contributed by atoms with van der Waals surface area (Å²) in [5, 5.41) is 6.63. The topological polar surface area (TPSA) is 49.8 Å². The van der Waals surface area contributed by atoms with Gasteiger partial charge in [0.2, 0.25) is 0 Å². The third kappa shape index (κ3) is 5.01. The monoisotopic (exact) mass is 348 g/mol. The van der Waals surface area contributed by atoms with Crippen molar-refractivity contribution in [3.8, 4) is 0 Å². The molecular weight excluding hydrogens is 328 g/mol. The number of hydrogen-bond donors (Lipinski definition) is 2. The first-order valence-electron chi connectivity index (χ1n) is 7.28. The molecule has 0 amide bonds. The maximum absolute atomic E-state index is 4.26.